The molecule has 0 fully saturated rings. The predicted molar refractivity (Wildman–Crippen MR) is 65.9 cm³/mol. The van der Waals surface area contributed by atoms with Crippen molar-refractivity contribution in [2.24, 2.45) is 5.92 Å². The topological polar surface area (TPSA) is 95.5 Å². The first-order chi connectivity index (χ1) is 7.92. The molecule has 0 saturated heterocycles. The van der Waals surface area contributed by atoms with Gasteiger partial charge in [0.25, 0.3) is 0 Å². The second-order valence-electron chi connectivity index (χ2n) is 4.05. The molecular weight excluding hydrogens is 244 g/mol. The standard InChI is InChI=1S/C10H18N2O4S/c1-6(2)3-7(11-5-13)9(14)12-8(4-17)10(15)16/h5-8,17H,3-4H2,1-2H3,(H,11,13)(H,12,14)(H,15,16)/t7-,8?/m0/s1. The van der Waals surface area contributed by atoms with E-state index in [9.17, 15) is 14.4 Å². The van der Waals surface area contributed by atoms with E-state index in [2.05, 4.69) is 23.3 Å². The number of aliphatic carboxylic acids is 1. The normalized spacial score (nSPS) is 13.9. The van der Waals surface area contributed by atoms with Gasteiger partial charge in [0.15, 0.2) is 0 Å². The maximum Gasteiger partial charge on any atom is 0.327 e. The van der Waals surface area contributed by atoms with Crippen molar-refractivity contribution >= 4 is 30.9 Å². The minimum Gasteiger partial charge on any atom is -0.480 e. The number of thiol groups is 1. The maximum atomic E-state index is 11.7. The Morgan fingerprint density at radius 3 is 2.29 bits per heavy atom. The van der Waals surface area contributed by atoms with Crippen molar-refractivity contribution in [3.63, 3.8) is 0 Å². The zero-order valence-electron chi connectivity index (χ0n) is 9.84. The lowest BCUT2D eigenvalue weighted by atomic mass is 10.0. The van der Waals surface area contributed by atoms with E-state index >= 15 is 0 Å². The molecule has 0 aliphatic heterocycles. The highest BCUT2D eigenvalue weighted by molar-refractivity contribution is 7.80. The molecule has 0 radical (unpaired) electrons. The number of hydrogen-bond acceptors (Lipinski definition) is 4. The van der Waals surface area contributed by atoms with E-state index in [-0.39, 0.29) is 11.7 Å². The Kier molecular flexibility index (Phi) is 7.36. The maximum absolute atomic E-state index is 11.7. The van der Waals surface area contributed by atoms with Crippen LogP contribution in [0.25, 0.3) is 0 Å². The van der Waals surface area contributed by atoms with Crippen molar-refractivity contribution in [3.05, 3.63) is 0 Å². The average Bonchev–Trinajstić information content (AvgIpc) is 2.23. The van der Waals surface area contributed by atoms with Crippen LogP contribution >= 0.6 is 12.6 Å². The van der Waals surface area contributed by atoms with Crippen LogP contribution in [-0.2, 0) is 14.4 Å². The third-order valence-electron chi connectivity index (χ3n) is 2.09. The molecule has 0 aromatic rings. The fourth-order valence-corrected chi connectivity index (χ4v) is 1.51. The molecule has 17 heavy (non-hydrogen) atoms. The van der Waals surface area contributed by atoms with Gasteiger partial charge in [-0.25, -0.2) is 4.79 Å². The number of carbonyl (C=O) groups excluding carboxylic acids is 2. The van der Waals surface area contributed by atoms with Gasteiger partial charge in [-0.05, 0) is 12.3 Å². The lowest BCUT2D eigenvalue weighted by molar-refractivity contribution is -0.141. The highest BCUT2D eigenvalue weighted by Crippen LogP contribution is 2.05. The van der Waals surface area contributed by atoms with Crippen LogP contribution < -0.4 is 10.6 Å². The van der Waals surface area contributed by atoms with E-state index in [1.165, 1.54) is 0 Å². The largest absolute Gasteiger partial charge is 0.480 e. The third-order valence-corrected chi connectivity index (χ3v) is 2.46. The SMILES string of the molecule is CC(C)C[C@H](NC=O)C(=O)NC(CS)C(=O)O. The second kappa shape index (κ2) is 7.94. The molecule has 2 atom stereocenters. The van der Waals surface area contributed by atoms with E-state index in [4.69, 9.17) is 5.11 Å². The van der Waals surface area contributed by atoms with Crippen molar-refractivity contribution in [1.29, 1.82) is 0 Å². The van der Waals surface area contributed by atoms with Gasteiger partial charge in [-0.1, -0.05) is 13.8 Å². The summed E-state index contributed by atoms with van der Waals surface area (Å²) in [5.41, 5.74) is 0. The van der Waals surface area contributed by atoms with Crippen LogP contribution in [0.4, 0.5) is 0 Å². The van der Waals surface area contributed by atoms with Gasteiger partial charge >= 0.3 is 5.97 Å². The first-order valence-corrected chi connectivity index (χ1v) is 5.89. The highest BCUT2D eigenvalue weighted by Gasteiger charge is 2.24. The lowest BCUT2D eigenvalue weighted by Crippen LogP contribution is -2.51. The summed E-state index contributed by atoms with van der Waals surface area (Å²) < 4.78 is 0. The summed E-state index contributed by atoms with van der Waals surface area (Å²) in [6.45, 7) is 3.81. The highest BCUT2D eigenvalue weighted by atomic mass is 32.1. The Morgan fingerprint density at radius 2 is 1.94 bits per heavy atom. The van der Waals surface area contributed by atoms with Gasteiger partial charge < -0.3 is 15.7 Å². The number of hydrogen-bond donors (Lipinski definition) is 4. The number of carboxylic acid groups (broad SMARTS) is 1. The van der Waals surface area contributed by atoms with Crippen molar-refractivity contribution in [1.82, 2.24) is 10.6 Å². The molecule has 0 bridgehead atoms. The predicted octanol–water partition coefficient (Wildman–Crippen LogP) is -0.354. The van der Waals surface area contributed by atoms with Gasteiger partial charge in [0.2, 0.25) is 12.3 Å². The molecule has 3 N–H and O–H groups in total. The molecular formula is C10H18N2O4S. The molecule has 0 saturated carbocycles. The fraction of sp³-hybridized carbons (Fsp3) is 0.700. The van der Waals surface area contributed by atoms with Gasteiger partial charge in [0.05, 0.1) is 0 Å². The molecule has 0 aromatic carbocycles. The van der Waals surface area contributed by atoms with Crippen LogP contribution in [0.5, 0.6) is 0 Å². The summed E-state index contributed by atoms with van der Waals surface area (Å²) in [4.78, 5) is 32.8. The van der Waals surface area contributed by atoms with Gasteiger partial charge in [0, 0.05) is 5.75 Å². The second-order valence-corrected chi connectivity index (χ2v) is 4.41. The van der Waals surface area contributed by atoms with Crippen LogP contribution in [0, 0.1) is 5.92 Å². The molecule has 0 heterocycles. The number of amides is 2. The zero-order chi connectivity index (χ0) is 13.4. The monoisotopic (exact) mass is 262 g/mol. The van der Waals surface area contributed by atoms with Crippen LogP contribution in [0.2, 0.25) is 0 Å². The summed E-state index contributed by atoms with van der Waals surface area (Å²) in [6.07, 6.45) is 0.882. The van der Waals surface area contributed by atoms with E-state index < -0.39 is 24.0 Å². The Labute approximate surface area is 106 Å². The Hall–Kier alpha value is -1.24. The summed E-state index contributed by atoms with van der Waals surface area (Å²) in [5, 5.41) is 13.5. The quantitative estimate of drug-likeness (QED) is 0.355. The molecule has 0 aliphatic carbocycles. The van der Waals surface area contributed by atoms with Crippen molar-refractivity contribution in [2.75, 3.05) is 5.75 Å². The van der Waals surface area contributed by atoms with Crippen LogP contribution in [0.3, 0.4) is 0 Å². The molecule has 1 unspecified atom stereocenters. The summed E-state index contributed by atoms with van der Waals surface area (Å²) >= 11 is 3.83. The number of carboxylic acids is 1. The smallest absolute Gasteiger partial charge is 0.327 e. The van der Waals surface area contributed by atoms with Crippen LogP contribution in [0.1, 0.15) is 20.3 Å². The van der Waals surface area contributed by atoms with Crippen molar-refractivity contribution in [2.45, 2.75) is 32.4 Å². The average molecular weight is 262 g/mol. The van der Waals surface area contributed by atoms with Gasteiger partial charge in [0.1, 0.15) is 12.1 Å². The summed E-state index contributed by atoms with van der Waals surface area (Å²) in [6, 6.07) is -1.76. The van der Waals surface area contributed by atoms with Gasteiger partial charge in [-0.15, -0.1) is 0 Å². The number of nitrogens with one attached hydrogen (secondary N) is 2. The number of rotatable bonds is 8. The Morgan fingerprint density at radius 1 is 1.35 bits per heavy atom. The molecule has 0 rings (SSSR count). The minimum atomic E-state index is -1.15. The Bertz CT molecular complexity index is 283. The molecule has 2 amide bonds. The van der Waals surface area contributed by atoms with Crippen molar-refractivity contribution in [3.8, 4) is 0 Å². The zero-order valence-corrected chi connectivity index (χ0v) is 10.7. The third kappa shape index (κ3) is 6.15. The first kappa shape index (κ1) is 15.8. The minimum absolute atomic E-state index is 0.00341. The van der Waals surface area contributed by atoms with E-state index in [0.29, 0.717) is 12.8 Å². The summed E-state index contributed by atoms with van der Waals surface area (Å²) in [7, 11) is 0. The van der Waals surface area contributed by atoms with Crippen LogP contribution in [-0.4, -0.2) is 41.2 Å². The van der Waals surface area contributed by atoms with E-state index in [0.717, 1.165) is 0 Å². The molecule has 98 valence electrons. The van der Waals surface area contributed by atoms with E-state index in [1.807, 2.05) is 13.8 Å². The molecule has 0 spiro atoms. The van der Waals surface area contributed by atoms with Gasteiger partial charge in [-0.3, -0.25) is 9.59 Å². The number of carbonyl (C=O) groups is 3. The molecule has 6 nitrogen and oxygen atoms in total. The first-order valence-electron chi connectivity index (χ1n) is 5.26. The fourth-order valence-electron chi connectivity index (χ4n) is 1.26. The van der Waals surface area contributed by atoms with E-state index in [1.54, 1.807) is 0 Å². The molecule has 7 heteroatoms. The molecule has 0 aliphatic rings. The summed E-state index contributed by atoms with van der Waals surface area (Å²) in [5.74, 6) is -1.45. The molecule has 0 aromatic heterocycles. The van der Waals surface area contributed by atoms with Crippen molar-refractivity contribution < 1.29 is 19.5 Å². The van der Waals surface area contributed by atoms with Crippen LogP contribution in [0.15, 0.2) is 0 Å². The van der Waals surface area contributed by atoms with Gasteiger partial charge in [-0.2, -0.15) is 12.6 Å². The lowest BCUT2D eigenvalue weighted by Gasteiger charge is -2.20. The Balaban J connectivity index is 4.49.